The van der Waals surface area contributed by atoms with Crippen LogP contribution in [-0.2, 0) is 6.54 Å². The number of hydrazine groups is 1. The number of ether oxygens (including phenoxy) is 2. The van der Waals surface area contributed by atoms with E-state index in [1.165, 1.54) is 31.9 Å². The summed E-state index contributed by atoms with van der Waals surface area (Å²) >= 11 is 0. The first-order chi connectivity index (χ1) is 15.6. The van der Waals surface area contributed by atoms with E-state index in [1.807, 2.05) is 12.1 Å². The van der Waals surface area contributed by atoms with E-state index in [-0.39, 0.29) is 5.91 Å². The van der Waals surface area contributed by atoms with Crippen LogP contribution < -0.4 is 20.3 Å². The third kappa shape index (κ3) is 6.72. The molecule has 3 rings (SSSR count). The van der Waals surface area contributed by atoms with Gasteiger partial charge in [0.25, 0.3) is 11.8 Å². The summed E-state index contributed by atoms with van der Waals surface area (Å²) in [5.74, 6) is 0.267. The topological polar surface area (TPSA) is 79.9 Å². The summed E-state index contributed by atoms with van der Waals surface area (Å²) < 4.78 is 11.0. The minimum absolute atomic E-state index is 0.363. The van der Waals surface area contributed by atoms with Gasteiger partial charge in [-0.25, -0.2) is 0 Å². The Balaban J connectivity index is 1.52. The Labute approximate surface area is 190 Å². The standard InChI is InChI=1S/C25H33N3O4/c1-3-4-16-32-22-13-12-21(17-23(22)31-2)25(30)27-26-24(29)20-10-8-19(9-11-20)18-28-14-6-5-7-15-28/h8-13,17H,3-7,14-16,18H2,1-2H3,(H,26,29)(H,27,30). The van der Waals surface area contributed by atoms with E-state index >= 15 is 0 Å². The molecule has 0 radical (unpaired) electrons. The number of hydrogen-bond acceptors (Lipinski definition) is 5. The van der Waals surface area contributed by atoms with Gasteiger partial charge in [0.2, 0.25) is 0 Å². The van der Waals surface area contributed by atoms with Crippen LogP contribution in [0.2, 0.25) is 0 Å². The summed E-state index contributed by atoms with van der Waals surface area (Å²) in [4.78, 5) is 27.3. The average molecular weight is 440 g/mol. The van der Waals surface area contributed by atoms with Crippen LogP contribution in [0.3, 0.4) is 0 Å². The predicted molar refractivity (Wildman–Crippen MR) is 124 cm³/mol. The van der Waals surface area contributed by atoms with Crippen molar-refractivity contribution in [3.8, 4) is 11.5 Å². The Morgan fingerprint density at radius 3 is 2.22 bits per heavy atom. The molecule has 1 aliphatic rings. The summed E-state index contributed by atoms with van der Waals surface area (Å²) in [6, 6.07) is 12.4. The van der Waals surface area contributed by atoms with Crippen molar-refractivity contribution in [3.63, 3.8) is 0 Å². The summed E-state index contributed by atoms with van der Waals surface area (Å²) in [5, 5.41) is 0. The normalized spacial score (nSPS) is 13.9. The molecule has 2 N–H and O–H groups in total. The number of benzene rings is 2. The number of piperidine rings is 1. The molecule has 2 aromatic rings. The van der Waals surface area contributed by atoms with E-state index in [0.717, 1.165) is 32.5 Å². The van der Waals surface area contributed by atoms with Gasteiger partial charge in [0, 0.05) is 17.7 Å². The van der Waals surface area contributed by atoms with E-state index in [4.69, 9.17) is 9.47 Å². The van der Waals surface area contributed by atoms with Crippen molar-refractivity contribution in [2.75, 3.05) is 26.8 Å². The molecule has 1 heterocycles. The zero-order chi connectivity index (χ0) is 22.8. The lowest BCUT2D eigenvalue weighted by Gasteiger charge is -2.26. The molecule has 0 saturated carbocycles. The molecular formula is C25H33N3O4. The molecule has 0 atom stereocenters. The summed E-state index contributed by atoms with van der Waals surface area (Å²) in [6.07, 6.45) is 5.78. The number of carbonyl (C=O) groups is 2. The molecule has 2 amide bonds. The van der Waals surface area contributed by atoms with Crippen molar-refractivity contribution >= 4 is 11.8 Å². The molecule has 172 valence electrons. The van der Waals surface area contributed by atoms with Gasteiger partial charge < -0.3 is 9.47 Å². The number of likely N-dealkylation sites (tertiary alicyclic amines) is 1. The molecule has 0 unspecified atom stereocenters. The van der Waals surface area contributed by atoms with Gasteiger partial charge in [-0.1, -0.05) is 31.9 Å². The molecule has 7 heteroatoms. The van der Waals surface area contributed by atoms with Crippen LogP contribution in [0.1, 0.15) is 65.3 Å². The van der Waals surface area contributed by atoms with Crippen LogP contribution in [0.15, 0.2) is 42.5 Å². The fraction of sp³-hybridized carbons (Fsp3) is 0.440. The van der Waals surface area contributed by atoms with Gasteiger partial charge in [-0.2, -0.15) is 0 Å². The van der Waals surface area contributed by atoms with Crippen LogP contribution in [-0.4, -0.2) is 43.5 Å². The van der Waals surface area contributed by atoms with E-state index in [2.05, 4.69) is 22.7 Å². The first-order valence-electron chi connectivity index (χ1n) is 11.3. The van der Waals surface area contributed by atoms with Gasteiger partial charge in [0.15, 0.2) is 11.5 Å². The van der Waals surface area contributed by atoms with Crippen molar-refractivity contribution in [1.29, 1.82) is 0 Å². The summed E-state index contributed by atoms with van der Waals surface area (Å²) in [5.41, 5.74) is 6.96. The van der Waals surface area contributed by atoms with E-state index < -0.39 is 5.91 Å². The Kier molecular flexibility index (Phi) is 8.92. The minimum atomic E-state index is -0.432. The van der Waals surface area contributed by atoms with Crippen molar-refractivity contribution in [3.05, 3.63) is 59.2 Å². The van der Waals surface area contributed by atoms with Gasteiger partial charge in [0.05, 0.1) is 13.7 Å². The monoisotopic (exact) mass is 439 g/mol. The van der Waals surface area contributed by atoms with Crippen molar-refractivity contribution in [2.24, 2.45) is 0 Å². The maximum absolute atomic E-state index is 12.5. The molecule has 7 nitrogen and oxygen atoms in total. The summed E-state index contributed by atoms with van der Waals surface area (Å²) in [6.45, 7) is 5.84. The smallest absolute Gasteiger partial charge is 0.269 e. The Morgan fingerprint density at radius 2 is 1.56 bits per heavy atom. The molecular weight excluding hydrogens is 406 g/mol. The van der Waals surface area contributed by atoms with E-state index in [0.29, 0.717) is 29.2 Å². The van der Waals surface area contributed by atoms with Crippen molar-refractivity contribution in [2.45, 2.75) is 45.6 Å². The highest BCUT2D eigenvalue weighted by molar-refractivity contribution is 5.99. The van der Waals surface area contributed by atoms with Crippen molar-refractivity contribution < 1.29 is 19.1 Å². The molecule has 0 spiro atoms. The van der Waals surface area contributed by atoms with Crippen LogP contribution in [0, 0.1) is 0 Å². The molecule has 1 saturated heterocycles. The number of carbonyl (C=O) groups excluding carboxylic acids is 2. The summed E-state index contributed by atoms with van der Waals surface area (Å²) in [7, 11) is 1.53. The second kappa shape index (κ2) is 12.1. The highest BCUT2D eigenvalue weighted by Crippen LogP contribution is 2.28. The molecule has 32 heavy (non-hydrogen) atoms. The minimum Gasteiger partial charge on any atom is -0.493 e. The third-order valence-electron chi connectivity index (χ3n) is 5.54. The number of nitrogens with zero attached hydrogens (tertiary/aromatic N) is 1. The maximum Gasteiger partial charge on any atom is 0.269 e. The van der Waals surface area contributed by atoms with Gasteiger partial charge >= 0.3 is 0 Å². The second-order valence-corrected chi connectivity index (χ2v) is 8.01. The largest absolute Gasteiger partial charge is 0.493 e. The van der Waals surface area contributed by atoms with Crippen molar-refractivity contribution in [1.82, 2.24) is 15.8 Å². The number of unbranched alkanes of at least 4 members (excludes halogenated alkanes) is 1. The molecule has 1 aliphatic heterocycles. The molecule has 1 fully saturated rings. The molecule has 0 aliphatic carbocycles. The van der Waals surface area contributed by atoms with Gasteiger partial charge in [-0.3, -0.25) is 25.3 Å². The highest BCUT2D eigenvalue weighted by Gasteiger charge is 2.14. The zero-order valence-electron chi connectivity index (χ0n) is 19.0. The quantitative estimate of drug-likeness (QED) is 0.457. The average Bonchev–Trinajstić information content (AvgIpc) is 2.83. The molecule has 2 aromatic carbocycles. The lowest BCUT2D eigenvalue weighted by molar-refractivity contribution is 0.0846. The third-order valence-corrected chi connectivity index (χ3v) is 5.54. The number of rotatable bonds is 9. The Morgan fingerprint density at radius 1 is 0.906 bits per heavy atom. The molecule has 0 aromatic heterocycles. The van der Waals surface area contributed by atoms with Crippen LogP contribution in [0.5, 0.6) is 11.5 Å². The lowest BCUT2D eigenvalue weighted by Crippen LogP contribution is -2.41. The van der Waals surface area contributed by atoms with Gasteiger partial charge in [-0.05, 0) is 68.2 Å². The SMILES string of the molecule is CCCCOc1ccc(C(=O)NNC(=O)c2ccc(CN3CCCCC3)cc2)cc1OC. The van der Waals surface area contributed by atoms with E-state index in [1.54, 1.807) is 30.3 Å². The van der Waals surface area contributed by atoms with Crippen LogP contribution in [0.4, 0.5) is 0 Å². The van der Waals surface area contributed by atoms with Gasteiger partial charge in [-0.15, -0.1) is 0 Å². The van der Waals surface area contributed by atoms with E-state index in [9.17, 15) is 9.59 Å². The fourth-order valence-corrected chi connectivity index (χ4v) is 3.65. The maximum atomic E-state index is 12.5. The second-order valence-electron chi connectivity index (χ2n) is 8.01. The fourth-order valence-electron chi connectivity index (χ4n) is 3.65. The number of hydrogen-bond donors (Lipinski definition) is 2. The number of methoxy groups -OCH3 is 1. The predicted octanol–water partition coefficient (Wildman–Crippen LogP) is 3.93. The first-order valence-corrected chi connectivity index (χ1v) is 11.3. The van der Waals surface area contributed by atoms with Crippen LogP contribution >= 0.6 is 0 Å². The van der Waals surface area contributed by atoms with Crippen LogP contribution in [0.25, 0.3) is 0 Å². The van der Waals surface area contributed by atoms with Gasteiger partial charge in [0.1, 0.15) is 0 Å². The first kappa shape index (κ1) is 23.6. The number of nitrogens with one attached hydrogen (secondary N) is 2. The molecule has 0 bridgehead atoms. The number of amides is 2. The lowest BCUT2D eigenvalue weighted by atomic mass is 10.1. The highest BCUT2D eigenvalue weighted by atomic mass is 16.5. The zero-order valence-corrected chi connectivity index (χ0v) is 19.0. The Bertz CT molecular complexity index is 893. The Hall–Kier alpha value is -3.06.